The van der Waals surface area contributed by atoms with Gasteiger partial charge in [-0.05, 0) is 101 Å². The van der Waals surface area contributed by atoms with Crippen molar-refractivity contribution in [3.63, 3.8) is 0 Å². The number of para-hydroxylation sites is 7. The first kappa shape index (κ1) is 44.5. The van der Waals surface area contributed by atoms with E-state index < -0.39 is 0 Å². The normalized spacial score (nSPS) is 11.8. The first-order valence-corrected chi connectivity index (χ1v) is 26.7. The minimum atomic E-state index is 0.700. The molecule has 0 saturated carbocycles. The third-order valence-electron chi connectivity index (χ3n) is 15.6. The van der Waals surface area contributed by atoms with E-state index in [0.717, 1.165) is 116 Å². The molecule has 370 valence electrons. The molecule has 5 aromatic heterocycles. The predicted molar refractivity (Wildman–Crippen MR) is 322 cm³/mol. The summed E-state index contributed by atoms with van der Waals surface area (Å²) in [5.74, 6) is 2.22. The second kappa shape index (κ2) is 17.9. The van der Waals surface area contributed by atoms with Gasteiger partial charge in [0, 0.05) is 56.0 Å². The number of benzene rings is 11. The molecular weight excluding hydrogens is 965 g/mol. The topological polar surface area (TPSA) is 45.7 Å². The van der Waals surface area contributed by atoms with Gasteiger partial charge in [-0.15, -0.1) is 0 Å². The average molecular weight is 1010 g/mol. The largest absolute Gasteiger partial charge is 0.458 e. The number of imidazole rings is 1. The maximum atomic E-state index is 7.06. The molecule has 0 fully saturated rings. The van der Waals surface area contributed by atoms with Crippen LogP contribution in [0.3, 0.4) is 0 Å². The van der Waals surface area contributed by atoms with Crippen LogP contribution in [0, 0.1) is 6.33 Å². The Balaban J connectivity index is 0.926. The van der Waals surface area contributed by atoms with Crippen LogP contribution in [0.4, 0.5) is 0 Å². The molecule has 5 heterocycles. The number of hydrogen-bond donors (Lipinski definition) is 0. The highest BCUT2D eigenvalue weighted by Gasteiger charge is 2.29. The molecule has 0 spiro atoms. The average Bonchev–Trinajstić information content (AvgIpc) is 4.47. The molecule has 0 bridgehead atoms. The van der Waals surface area contributed by atoms with Gasteiger partial charge < -0.3 is 13.9 Å². The molecule has 0 aliphatic heterocycles. The quantitative estimate of drug-likeness (QED) is 0.107. The molecule has 11 aromatic carbocycles. The lowest BCUT2D eigenvalue weighted by Crippen LogP contribution is -2.29. The van der Waals surface area contributed by atoms with Crippen molar-refractivity contribution in [1.29, 1.82) is 0 Å². The molecule has 0 aliphatic rings. The molecule has 79 heavy (non-hydrogen) atoms. The van der Waals surface area contributed by atoms with Crippen LogP contribution in [-0.2, 0) is 0 Å². The van der Waals surface area contributed by atoms with Gasteiger partial charge >= 0.3 is 0 Å². The van der Waals surface area contributed by atoms with Crippen LogP contribution in [0.25, 0.3) is 127 Å². The SMILES string of the molecule is [c-]1n(-c2c(-c3ccccc3)cccc2-c2ccccc2)c2ccccc2[n+]1-c1cccc(Oc2ccc3c4c5c6ccccc6n(-c6ccccc6)c5c5c(c6ccccc6n5-c5ccccc5)c4n(-c4ccccn4)c3c2)c1. The maximum Gasteiger partial charge on any atom is 0.269 e. The molecule has 0 unspecified atom stereocenters. The van der Waals surface area contributed by atoms with E-state index in [1.165, 1.54) is 10.8 Å². The van der Waals surface area contributed by atoms with Crippen molar-refractivity contribution < 1.29 is 9.30 Å². The summed E-state index contributed by atoms with van der Waals surface area (Å²) in [5, 5.41) is 6.91. The first-order valence-electron chi connectivity index (χ1n) is 26.7. The Kier molecular flexibility index (Phi) is 10.1. The fraction of sp³-hybridized carbons (Fsp3) is 0. The van der Waals surface area contributed by atoms with Crippen molar-refractivity contribution in [3.05, 3.63) is 286 Å². The minimum absolute atomic E-state index is 0.700. The lowest BCUT2D eigenvalue weighted by molar-refractivity contribution is -0.572. The van der Waals surface area contributed by atoms with Crippen molar-refractivity contribution in [2.24, 2.45) is 0 Å². The van der Waals surface area contributed by atoms with Gasteiger partial charge in [0.1, 0.15) is 17.3 Å². The van der Waals surface area contributed by atoms with E-state index >= 15 is 0 Å². The van der Waals surface area contributed by atoms with E-state index in [0.29, 0.717) is 11.5 Å². The molecule has 16 aromatic rings. The van der Waals surface area contributed by atoms with Crippen LogP contribution in [0.5, 0.6) is 11.5 Å². The third-order valence-corrected chi connectivity index (χ3v) is 15.6. The minimum Gasteiger partial charge on any atom is -0.458 e. The van der Waals surface area contributed by atoms with Gasteiger partial charge in [0.25, 0.3) is 6.33 Å². The standard InChI is InChI=1S/C72H46N6O/c1-5-23-48(24-6-1)55-35-22-36-56(49-25-7-2-8-26-49)69(55)75-47-74(62-39-17-18-40-63(62)75)52-31-21-32-53(45-52)79-54-42-43-59-64(46-54)78(65-41-19-20-44-73-65)70-66(59)67-57-33-13-15-37-60(57)76(50-27-9-3-10-28-50)71(67)72-68(70)58-34-14-16-38-61(58)77(72)51-29-11-4-12-30-51/h1-46H. The monoisotopic (exact) mass is 1010 g/mol. The van der Waals surface area contributed by atoms with E-state index in [1.54, 1.807) is 0 Å². The summed E-state index contributed by atoms with van der Waals surface area (Å²) in [6, 6.07) is 96.6. The van der Waals surface area contributed by atoms with Gasteiger partial charge in [-0.25, -0.2) is 4.98 Å². The van der Waals surface area contributed by atoms with Crippen LogP contribution in [0.1, 0.15) is 0 Å². The Morgan fingerprint density at radius 3 is 1.53 bits per heavy atom. The molecule has 0 N–H and O–H groups in total. The fourth-order valence-electron chi connectivity index (χ4n) is 12.4. The van der Waals surface area contributed by atoms with Crippen LogP contribution < -0.4 is 9.30 Å². The molecule has 0 radical (unpaired) electrons. The Morgan fingerprint density at radius 2 is 0.886 bits per heavy atom. The molecule has 0 saturated heterocycles. The van der Waals surface area contributed by atoms with Crippen LogP contribution in [-0.4, -0.2) is 23.3 Å². The number of hydrogen-bond acceptors (Lipinski definition) is 2. The van der Waals surface area contributed by atoms with Crippen molar-refractivity contribution in [2.75, 3.05) is 0 Å². The Morgan fingerprint density at radius 1 is 0.367 bits per heavy atom. The Hall–Kier alpha value is -10.8. The number of nitrogens with zero attached hydrogens (tertiary/aromatic N) is 6. The number of ether oxygens (including phenoxy) is 1. The van der Waals surface area contributed by atoms with E-state index in [1.807, 2.05) is 18.3 Å². The van der Waals surface area contributed by atoms with Crippen molar-refractivity contribution in [1.82, 2.24) is 23.3 Å². The lowest BCUT2D eigenvalue weighted by atomic mass is 9.95. The summed E-state index contributed by atoms with van der Waals surface area (Å²) >= 11 is 0. The molecule has 0 aliphatic carbocycles. The zero-order valence-corrected chi connectivity index (χ0v) is 42.6. The summed E-state index contributed by atoms with van der Waals surface area (Å²) in [5.41, 5.74) is 17.3. The van der Waals surface area contributed by atoms with Crippen molar-refractivity contribution in [2.45, 2.75) is 0 Å². The Labute approximate surface area is 454 Å². The van der Waals surface area contributed by atoms with Gasteiger partial charge in [0.15, 0.2) is 0 Å². The highest BCUT2D eigenvalue weighted by atomic mass is 16.5. The zero-order chi connectivity index (χ0) is 52.0. The molecule has 0 amide bonds. The number of fused-ring (bicyclic) bond motifs is 13. The van der Waals surface area contributed by atoms with E-state index in [-0.39, 0.29) is 0 Å². The van der Waals surface area contributed by atoms with Crippen LogP contribution in [0.2, 0.25) is 0 Å². The predicted octanol–water partition coefficient (Wildman–Crippen LogP) is 17.5. The summed E-state index contributed by atoms with van der Waals surface area (Å²) in [6.45, 7) is 0. The van der Waals surface area contributed by atoms with Gasteiger partial charge in [-0.3, -0.25) is 13.7 Å². The summed E-state index contributed by atoms with van der Waals surface area (Å²) in [6.07, 6.45) is 5.73. The summed E-state index contributed by atoms with van der Waals surface area (Å²) in [4.78, 5) is 5.12. The number of pyridine rings is 1. The first-order chi connectivity index (χ1) is 39.2. The van der Waals surface area contributed by atoms with E-state index in [2.05, 4.69) is 290 Å². The second-order valence-corrected chi connectivity index (χ2v) is 20.0. The summed E-state index contributed by atoms with van der Waals surface area (Å²) in [7, 11) is 0. The van der Waals surface area contributed by atoms with E-state index in [9.17, 15) is 0 Å². The second-order valence-electron chi connectivity index (χ2n) is 20.0. The van der Waals surface area contributed by atoms with Crippen LogP contribution >= 0.6 is 0 Å². The summed E-state index contributed by atoms with van der Waals surface area (Å²) < 4.78 is 18.7. The Bertz CT molecular complexity index is 4960. The number of rotatable bonds is 9. The lowest BCUT2D eigenvalue weighted by Gasteiger charge is -2.17. The molecule has 0 atom stereocenters. The van der Waals surface area contributed by atoms with Crippen molar-refractivity contribution in [3.8, 4) is 62.3 Å². The fourth-order valence-corrected chi connectivity index (χ4v) is 12.4. The van der Waals surface area contributed by atoms with Gasteiger partial charge in [0.2, 0.25) is 0 Å². The highest BCUT2D eigenvalue weighted by molar-refractivity contribution is 6.40. The molecule has 7 heteroatoms. The van der Waals surface area contributed by atoms with Gasteiger partial charge in [-0.2, -0.15) is 0 Å². The smallest absolute Gasteiger partial charge is 0.269 e. The van der Waals surface area contributed by atoms with Gasteiger partial charge in [0.05, 0.1) is 55.5 Å². The van der Waals surface area contributed by atoms with Crippen molar-refractivity contribution >= 4 is 76.5 Å². The van der Waals surface area contributed by atoms with Crippen LogP contribution in [0.15, 0.2) is 279 Å². The van der Waals surface area contributed by atoms with E-state index in [4.69, 9.17) is 9.72 Å². The molecular formula is C72H46N6O. The molecule has 7 nitrogen and oxygen atoms in total. The number of aromatic nitrogens is 6. The molecule has 16 rings (SSSR count). The maximum absolute atomic E-state index is 7.06. The highest BCUT2D eigenvalue weighted by Crippen LogP contribution is 2.51. The zero-order valence-electron chi connectivity index (χ0n) is 42.6. The van der Waals surface area contributed by atoms with Gasteiger partial charge in [-0.1, -0.05) is 188 Å². The third kappa shape index (κ3) is 6.93.